The van der Waals surface area contributed by atoms with Gasteiger partial charge in [0.25, 0.3) is 0 Å². The lowest BCUT2D eigenvalue weighted by Crippen LogP contribution is -2.36. The fourth-order valence-electron chi connectivity index (χ4n) is 1.12. The van der Waals surface area contributed by atoms with Crippen LogP contribution in [0.15, 0.2) is 24.3 Å². The summed E-state index contributed by atoms with van der Waals surface area (Å²) < 4.78 is 5.57. The van der Waals surface area contributed by atoms with Gasteiger partial charge >= 0.3 is 0 Å². The highest BCUT2D eigenvalue weighted by molar-refractivity contribution is 5.84. The van der Waals surface area contributed by atoms with Crippen LogP contribution in [0.3, 0.4) is 0 Å². The van der Waals surface area contributed by atoms with Crippen molar-refractivity contribution < 1.29 is 9.53 Å². The molecule has 84 valence electrons. The number of ketones is 1. The second-order valence-electron chi connectivity index (χ2n) is 4.13. The van der Waals surface area contributed by atoms with Gasteiger partial charge in [0.2, 0.25) is 6.54 Å². The Morgan fingerprint density at radius 3 is 2.38 bits per heavy atom. The molecule has 3 heteroatoms. The molecule has 0 N–H and O–H groups in total. The molecule has 0 saturated carbocycles. The van der Waals surface area contributed by atoms with Crippen LogP contribution in [0.5, 0.6) is 5.75 Å². The molecule has 1 aromatic carbocycles. The molecule has 0 bridgehead atoms. The molecular weight excluding hydrogens is 202 g/mol. The Morgan fingerprint density at radius 1 is 1.38 bits per heavy atom. The lowest BCUT2D eigenvalue weighted by atomic mass is 10.1. The molecule has 0 aliphatic heterocycles. The summed E-state index contributed by atoms with van der Waals surface area (Å²) in [6.07, 6.45) is 0. The van der Waals surface area contributed by atoms with Crippen molar-refractivity contribution in [3.63, 3.8) is 0 Å². The van der Waals surface area contributed by atoms with E-state index in [1.54, 1.807) is 26.0 Å². The van der Waals surface area contributed by atoms with Gasteiger partial charge in [0.15, 0.2) is 11.4 Å². The zero-order chi connectivity index (χ0) is 12.2. The van der Waals surface area contributed by atoms with Crippen LogP contribution in [0.2, 0.25) is 0 Å². The van der Waals surface area contributed by atoms with Crippen LogP contribution in [-0.2, 0) is 11.3 Å². The first-order valence-electron chi connectivity index (χ1n) is 5.08. The van der Waals surface area contributed by atoms with E-state index in [1.807, 2.05) is 12.1 Å². The van der Waals surface area contributed by atoms with E-state index >= 15 is 0 Å². The maximum Gasteiger partial charge on any atom is 0.239 e. The highest BCUT2D eigenvalue weighted by Crippen LogP contribution is 2.19. The van der Waals surface area contributed by atoms with E-state index in [-0.39, 0.29) is 5.78 Å². The van der Waals surface area contributed by atoms with E-state index in [0.717, 1.165) is 5.56 Å². The smallest absolute Gasteiger partial charge is 0.239 e. The molecule has 0 spiro atoms. The van der Waals surface area contributed by atoms with Crippen molar-refractivity contribution in [3.8, 4) is 5.75 Å². The Hall–Kier alpha value is -1.82. The van der Waals surface area contributed by atoms with E-state index in [2.05, 4.69) is 4.85 Å². The summed E-state index contributed by atoms with van der Waals surface area (Å²) in [5, 5.41) is 0. The highest BCUT2D eigenvalue weighted by atomic mass is 16.5. The minimum atomic E-state index is -0.804. The van der Waals surface area contributed by atoms with E-state index in [1.165, 1.54) is 6.92 Å². The molecule has 1 rings (SSSR count). The molecule has 0 amide bonds. The molecule has 0 unspecified atom stereocenters. The summed E-state index contributed by atoms with van der Waals surface area (Å²) in [4.78, 5) is 14.6. The first kappa shape index (κ1) is 12.3. The molecule has 16 heavy (non-hydrogen) atoms. The van der Waals surface area contributed by atoms with Gasteiger partial charge in [0.05, 0.1) is 0 Å². The topological polar surface area (TPSA) is 30.7 Å². The molecule has 0 saturated heterocycles. The first-order valence-corrected chi connectivity index (χ1v) is 5.08. The fraction of sp³-hybridized carbons (Fsp3) is 0.385. The molecule has 0 heterocycles. The number of ether oxygens (including phenoxy) is 1. The second kappa shape index (κ2) is 4.80. The quantitative estimate of drug-likeness (QED) is 0.726. The van der Waals surface area contributed by atoms with Crippen molar-refractivity contribution in [1.29, 1.82) is 0 Å². The number of Topliss-reactive ketones (excluding diaryl/α,β-unsaturated/α-hetero) is 1. The largest absolute Gasteiger partial charge is 0.480 e. The Morgan fingerprint density at radius 2 is 1.94 bits per heavy atom. The summed E-state index contributed by atoms with van der Waals surface area (Å²) in [5.74, 6) is 0.631. The monoisotopic (exact) mass is 217 g/mol. The van der Waals surface area contributed by atoms with Gasteiger partial charge in [-0.25, -0.2) is 6.57 Å². The minimum Gasteiger partial charge on any atom is -0.480 e. The van der Waals surface area contributed by atoms with Crippen LogP contribution >= 0.6 is 0 Å². The number of benzene rings is 1. The Balaban J connectivity index is 2.77. The van der Waals surface area contributed by atoms with E-state index in [0.29, 0.717) is 12.3 Å². The van der Waals surface area contributed by atoms with Gasteiger partial charge in [-0.3, -0.25) is 4.79 Å². The third-order valence-corrected chi connectivity index (χ3v) is 2.41. The fourth-order valence-corrected chi connectivity index (χ4v) is 1.12. The summed E-state index contributed by atoms with van der Waals surface area (Å²) in [6, 6.07) is 7.24. The lowest BCUT2D eigenvalue weighted by Gasteiger charge is -2.23. The van der Waals surface area contributed by atoms with Crippen molar-refractivity contribution in [2.75, 3.05) is 0 Å². The Kier molecular flexibility index (Phi) is 3.68. The molecule has 0 aromatic heterocycles. The average Bonchev–Trinajstić information content (AvgIpc) is 2.21. The van der Waals surface area contributed by atoms with Crippen LogP contribution in [0.25, 0.3) is 4.85 Å². The molecule has 1 aromatic rings. The van der Waals surface area contributed by atoms with Crippen LogP contribution in [0.4, 0.5) is 0 Å². The van der Waals surface area contributed by atoms with Crippen molar-refractivity contribution in [2.45, 2.75) is 32.9 Å². The van der Waals surface area contributed by atoms with Crippen molar-refractivity contribution >= 4 is 5.78 Å². The minimum absolute atomic E-state index is 0.0160. The van der Waals surface area contributed by atoms with Crippen molar-refractivity contribution in [1.82, 2.24) is 0 Å². The van der Waals surface area contributed by atoms with Gasteiger partial charge in [-0.2, -0.15) is 0 Å². The van der Waals surface area contributed by atoms with E-state index < -0.39 is 5.60 Å². The Labute approximate surface area is 95.9 Å². The van der Waals surface area contributed by atoms with E-state index in [4.69, 9.17) is 11.3 Å². The predicted octanol–water partition coefficient (Wildman–Crippen LogP) is 2.85. The number of carbonyl (C=O) groups is 1. The predicted molar refractivity (Wildman–Crippen MR) is 62.1 cm³/mol. The van der Waals surface area contributed by atoms with Crippen LogP contribution in [0.1, 0.15) is 26.3 Å². The highest BCUT2D eigenvalue weighted by Gasteiger charge is 2.25. The van der Waals surface area contributed by atoms with Crippen molar-refractivity contribution in [3.05, 3.63) is 41.2 Å². The molecule has 3 nitrogen and oxygen atoms in total. The first-order chi connectivity index (χ1) is 7.45. The summed E-state index contributed by atoms with van der Waals surface area (Å²) in [7, 11) is 0. The third kappa shape index (κ3) is 3.09. The van der Waals surface area contributed by atoms with Crippen LogP contribution in [0, 0.1) is 6.57 Å². The summed E-state index contributed by atoms with van der Waals surface area (Å²) in [6.45, 7) is 12.1. The van der Waals surface area contributed by atoms with E-state index in [9.17, 15) is 4.79 Å². The van der Waals surface area contributed by atoms with Gasteiger partial charge in [0.1, 0.15) is 5.75 Å². The number of nitrogens with zero attached hydrogens (tertiary/aromatic N) is 1. The number of hydrogen-bond donors (Lipinski definition) is 0. The van der Waals surface area contributed by atoms with Gasteiger partial charge in [0, 0.05) is 5.56 Å². The van der Waals surface area contributed by atoms with Gasteiger partial charge in [-0.05, 0) is 45.0 Å². The average molecular weight is 217 g/mol. The molecule has 0 atom stereocenters. The van der Waals surface area contributed by atoms with Gasteiger partial charge in [-0.15, -0.1) is 0 Å². The maximum absolute atomic E-state index is 11.3. The summed E-state index contributed by atoms with van der Waals surface area (Å²) in [5.41, 5.74) is 0.143. The molecule has 0 aliphatic carbocycles. The summed E-state index contributed by atoms with van der Waals surface area (Å²) >= 11 is 0. The molecular formula is C13H15NO2. The standard InChI is InChI=1S/C13H15NO2/c1-10(15)13(2,3)16-12-7-5-11(6-8-12)9-14-4/h5-8H,9H2,1-3H3. The number of rotatable bonds is 4. The molecule has 0 radical (unpaired) electrons. The van der Waals surface area contributed by atoms with Crippen LogP contribution in [-0.4, -0.2) is 11.4 Å². The second-order valence-corrected chi connectivity index (χ2v) is 4.13. The zero-order valence-corrected chi connectivity index (χ0v) is 9.78. The number of carbonyl (C=O) groups excluding carboxylic acids is 1. The number of hydrogen-bond acceptors (Lipinski definition) is 2. The SMILES string of the molecule is [C-]#[N+]Cc1ccc(OC(C)(C)C(C)=O)cc1. The Bertz CT molecular complexity index is 413. The maximum atomic E-state index is 11.3. The molecule has 0 aliphatic rings. The zero-order valence-electron chi connectivity index (χ0n) is 9.78. The third-order valence-electron chi connectivity index (χ3n) is 2.41. The van der Waals surface area contributed by atoms with Gasteiger partial charge < -0.3 is 9.58 Å². The normalized spacial score (nSPS) is 10.6. The van der Waals surface area contributed by atoms with Crippen LogP contribution < -0.4 is 4.74 Å². The lowest BCUT2D eigenvalue weighted by molar-refractivity contribution is -0.129. The van der Waals surface area contributed by atoms with Gasteiger partial charge in [-0.1, -0.05) is 0 Å². The molecule has 0 fully saturated rings. The van der Waals surface area contributed by atoms with Crippen molar-refractivity contribution in [2.24, 2.45) is 0 Å².